The van der Waals surface area contributed by atoms with E-state index in [2.05, 4.69) is 69.0 Å². The van der Waals surface area contributed by atoms with Crippen LogP contribution in [0.15, 0.2) is 30.0 Å². The molecule has 2 rings (SSSR count). The number of carbonyl (C=O) groups excluding carboxylic acids is 1. The third kappa shape index (κ3) is 6.36. The Balaban J connectivity index is 0.00000218. The van der Waals surface area contributed by atoms with E-state index >= 15 is 0 Å². The molecule has 0 spiro atoms. The van der Waals surface area contributed by atoms with E-state index in [1.807, 2.05) is 27.7 Å². The zero-order chi connectivity index (χ0) is 23.3. The number of ether oxygens (including phenoxy) is 1. The molecule has 1 amide bonds. The summed E-state index contributed by atoms with van der Waals surface area (Å²) >= 11 is 25.4. The van der Waals surface area contributed by atoms with Crippen LogP contribution in [0.1, 0.15) is 48.4 Å². The number of carbonyl (C=O) groups is 2. The van der Waals surface area contributed by atoms with Gasteiger partial charge in [0.15, 0.2) is 0 Å². The molecule has 0 unspecified atom stereocenters. The molecular formula is C19H17Br4Cl2NO4. The minimum atomic E-state index is -1.28. The van der Waals surface area contributed by atoms with Gasteiger partial charge in [-0.05, 0) is 83.6 Å². The summed E-state index contributed by atoms with van der Waals surface area (Å²) in [6, 6.07) is 2.93. The van der Waals surface area contributed by atoms with Crippen LogP contribution in [-0.4, -0.2) is 23.1 Å². The minimum Gasteiger partial charge on any atom is -0.489 e. The van der Waals surface area contributed by atoms with E-state index in [9.17, 15) is 14.7 Å². The summed E-state index contributed by atoms with van der Waals surface area (Å²) in [5, 5.41) is 12.7. The smallest absolute Gasteiger partial charge is 0.337 e. The van der Waals surface area contributed by atoms with E-state index in [4.69, 9.17) is 27.9 Å². The first-order chi connectivity index (χ1) is 14.0. The average Bonchev–Trinajstić information content (AvgIpc) is 2.67. The molecule has 5 nitrogen and oxygen atoms in total. The second kappa shape index (κ2) is 12.1. The van der Waals surface area contributed by atoms with Crippen molar-refractivity contribution in [2.45, 2.75) is 33.8 Å². The fourth-order valence-corrected chi connectivity index (χ4v) is 5.14. The average molecular weight is 714 g/mol. The standard InChI is InChI=1S/C17H11Br4Cl2NO4.C2H6/c1-5(2)28-9-4-8(6(22)3-7(9)23)24-16(25)10-11(17(26)27)13(19)15(21)14(20)12(10)18;1-2/h3-5H,1-2H3,(H,24,25)(H,26,27);1-2H3. The van der Waals surface area contributed by atoms with Gasteiger partial charge in [-0.1, -0.05) is 37.0 Å². The highest BCUT2D eigenvalue weighted by atomic mass is 79.9. The number of anilines is 1. The van der Waals surface area contributed by atoms with Gasteiger partial charge >= 0.3 is 5.97 Å². The van der Waals surface area contributed by atoms with E-state index < -0.39 is 11.9 Å². The minimum absolute atomic E-state index is 0.0909. The second-order valence-electron chi connectivity index (χ2n) is 5.69. The maximum absolute atomic E-state index is 13.0. The summed E-state index contributed by atoms with van der Waals surface area (Å²) in [7, 11) is 0. The molecule has 0 atom stereocenters. The van der Waals surface area contributed by atoms with Crippen molar-refractivity contribution in [2.75, 3.05) is 5.32 Å². The summed E-state index contributed by atoms with van der Waals surface area (Å²) < 4.78 is 7.00. The maximum Gasteiger partial charge on any atom is 0.337 e. The van der Waals surface area contributed by atoms with Crippen molar-refractivity contribution < 1.29 is 19.4 Å². The van der Waals surface area contributed by atoms with Gasteiger partial charge in [-0.15, -0.1) is 0 Å². The van der Waals surface area contributed by atoms with E-state index in [1.165, 1.54) is 12.1 Å². The fourth-order valence-electron chi connectivity index (χ4n) is 2.20. The molecule has 0 aliphatic carbocycles. The molecule has 0 saturated carbocycles. The van der Waals surface area contributed by atoms with Crippen LogP contribution >= 0.6 is 86.9 Å². The number of nitrogens with one attached hydrogen (secondary N) is 1. The predicted octanol–water partition coefficient (Wildman–Crippen LogP) is 8.81. The Hall–Kier alpha value is -0.320. The van der Waals surface area contributed by atoms with Crippen molar-refractivity contribution in [1.29, 1.82) is 0 Å². The first kappa shape index (κ1) is 27.7. The third-order valence-electron chi connectivity index (χ3n) is 3.34. The predicted molar refractivity (Wildman–Crippen MR) is 136 cm³/mol. The molecule has 0 aliphatic rings. The molecule has 2 aromatic carbocycles. The summed E-state index contributed by atoms with van der Waals surface area (Å²) in [5.41, 5.74) is -0.0832. The van der Waals surface area contributed by atoms with Crippen molar-refractivity contribution >= 4 is 104 Å². The topological polar surface area (TPSA) is 75.6 Å². The zero-order valence-electron chi connectivity index (χ0n) is 16.2. The molecule has 0 heterocycles. The molecule has 2 N–H and O–H groups in total. The van der Waals surface area contributed by atoms with Crippen molar-refractivity contribution in [3.05, 3.63) is 51.2 Å². The van der Waals surface area contributed by atoms with E-state index in [-0.39, 0.29) is 36.9 Å². The van der Waals surface area contributed by atoms with E-state index in [0.717, 1.165) is 0 Å². The maximum atomic E-state index is 13.0. The molecule has 0 radical (unpaired) electrons. The van der Waals surface area contributed by atoms with Gasteiger partial charge in [0.05, 0.1) is 33.0 Å². The zero-order valence-corrected chi connectivity index (χ0v) is 24.0. The fraction of sp³-hybridized carbons (Fsp3) is 0.263. The lowest BCUT2D eigenvalue weighted by Gasteiger charge is -2.17. The van der Waals surface area contributed by atoms with Gasteiger partial charge in [-0.2, -0.15) is 0 Å². The highest BCUT2D eigenvalue weighted by Crippen LogP contribution is 2.43. The Labute approximate surface area is 218 Å². The molecule has 11 heteroatoms. The van der Waals surface area contributed by atoms with E-state index in [1.54, 1.807) is 0 Å². The van der Waals surface area contributed by atoms with Crippen LogP contribution in [-0.2, 0) is 0 Å². The number of carboxylic acids is 1. The number of halogens is 6. The van der Waals surface area contributed by atoms with Gasteiger partial charge in [-0.25, -0.2) is 4.79 Å². The molecule has 0 bridgehead atoms. The molecule has 2 aromatic rings. The molecule has 0 aromatic heterocycles. The van der Waals surface area contributed by atoms with Crippen LogP contribution < -0.4 is 10.1 Å². The van der Waals surface area contributed by atoms with Crippen LogP contribution in [0.2, 0.25) is 10.0 Å². The number of rotatable bonds is 5. The third-order valence-corrected chi connectivity index (χ3v) is 8.72. The van der Waals surface area contributed by atoms with Crippen LogP contribution in [0.5, 0.6) is 5.75 Å². The van der Waals surface area contributed by atoms with Crippen molar-refractivity contribution in [3.63, 3.8) is 0 Å². The number of amides is 1. The number of aromatic carboxylic acids is 1. The van der Waals surface area contributed by atoms with Gasteiger partial charge in [0.2, 0.25) is 0 Å². The normalized spacial score (nSPS) is 10.4. The van der Waals surface area contributed by atoms with Gasteiger partial charge in [0.25, 0.3) is 5.91 Å². The number of hydrogen-bond acceptors (Lipinski definition) is 3. The number of hydrogen-bond donors (Lipinski definition) is 2. The lowest BCUT2D eigenvalue weighted by atomic mass is 10.1. The monoisotopic (exact) mass is 709 g/mol. The highest BCUT2D eigenvalue weighted by Gasteiger charge is 2.28. The first-order valence-electron chi connectivity index (χ1n) is 8.51. The summed E-state index contributed by atoms with van der Waals surface area (Å²) in [6.45, 7) is 7.66. The largest absolute Gasteiger partial charge is 0.489 e. The lowest BCUT2D eigenvalue weighted by Crippen LogP contribution is -2.19. The molecule has 0 fully saturated rings. The van der Waals surface area contributed by atoms with Crippen molar-refractivity contribution in [1.82, 2.24) is 0 Å². The first-order valence-corrected chi connectivity index (χ1v) is 12.4. The lowest BCUT2D eigenvalue weighted by molar-refractivity contribution is 0.0691. The van der Waals surface area contributed by atoms with Gasteiger partial charge < -0.3 is 15.2 Å². The van der Waals surface area contributed by atoms with Gasteiger partial charge in [-0.3, -0.25) is 4.79 Å². The van der Waals surface area contributed by atoms with Crippen LogP contribution in [0, 0.1) is 0 Å². The Morgan fingerprint density at radius 2 is 1.43 bits per heavy atom. The summed E-state index contributed by atoms with van der Waals surface area (Å²) in [5.74, 6) is -1.62. The van der Waals surface area contributed by atoms with Gasteiger partial charge in [0, 0.05) is 24.0 Å². The number of benzene rings is 2. The Morgan fingerprint density at radius 3 is 1.90 bits per heavy atom. The Morgan fingerprint density at radius 1 is 0.933 bits per heavy atom. The van der Waals surface area contributed by atoms with Crippen molar-refractivity contribution in [2.24, 2.45) is 0 Å². The second-order valence-corrected chi connectivity index (χ2v) is 9.68. The van der Waals surface area contributed by atoms with E-state index in [0.29, 0.717) is 19.7 Å². The SMILES string of the molecule is CC.CC(C)Oc1cc(NC(=O)c2c(Br)c(Br)c(Br)c(Br)c2C(=O)O)c(Cl)cc1Cl. The number of carboxylic acid groups (broad SMARTS) is 1. The van der Waals surface area contributed by atoms with Gasteiger partial charge in [0.1, 0.15) is 5.75 Å². The summed E-state index contributed by atoms with van der Waals surface area (Å²) in [6.07, 6.45) is -0.145. The molecule has 0 saturated heterocycles. The van der Waals surface area contributed by atoms with Crippen LogP contribution in [0.3, 0.4) is 0 Å². The quantitative estimate of drug-likeness (QED) is 0.240. The Bertz CT molecular complexity index is 984. The molecular weight excluding hydrogens is 697 g/mol. The van der Waals surface area contributed by atoms with Crippen LogP contribution in [0.4, 0.5) is 5.69 Å². The van der Waals surface area contributed by atoms with Crippen molar-refractivity contribution in [3.8, 4) is 5.75 Å². The van der Waals surface area contributed by atoms with Crippen LogP contribution in [0.25, 0.3) is 0 Å². The summed E-state index contributed by atoms with van der Waals surface area (Å²) in [4.78, 5) is 24.7. The molecule has 164 valence electrons. The molecule has 30 heavy (non-hydrogen) atoms. The Kier molecular flexibility index (Phi) is 11.1. The highest BCUT2D eigenvalue weighted by molar-refractivity contribution is 9.15. The molecule has 0 aliphatic heterocycles.